The van der Waals surface area contributed by atoms with Crippen molar-refractivity contribution in [2.24, 2.45) is 10.9 Å². The minimum atomic E-state index is 0.340. The van der Waals surface area contributed by atoms with Gasteiger partial charge in [-0.1, -0.05) is 13.8 Å². The van der Waals surface area contributed by atoms with Gasteiger partial charge < -0.3 is 4.74 Å². The van der Waals surface area contributed by atoms with Crippen LogP contribution in [-0.2, 0) is 4.74 Å². The van der Waals surface area contributed by atoms with Gasteiger partial charge in [0.05, 0.1) is 6.61 Å². The van der Waals surface area contributed by atoms with Crippen LogP contribution in [0.3, 0.4) is 0 Å². The van der Waals surface area contributed by atoms with E-state index in [9.17, 15) is 0 Å². The predicted molar refractivity (Wildman–Crippen MR) is 44.4 cm³/mol. The lowest BCUT2D eigenvalue weighted by Gasteiger charge is -2.02. The van der Waals surface area contributed by atoms with Gasteiger partial charge in [0.1, 0.15) is 0 Å². The van der Waals surface area contributed by atoms with E-state index in [0.717, 1.165) is 6.61 Å². The second-order valence-electron chi connectivity index (χ2n) is 3.08. The van der Waals surface area contributed by atoms with Crippen LogP contribution >= 0.6 is 0 Å². The number of rotatable bonds is 4. The van der Waals surface area contributed by atoms with Crippen molar-refractivity contribution in [3.8, 4) is 0 Å². The van der Waals surface area contributed by atoms with E-state index < -0.39 is 0 Å². The maximum absolute atomic E-state index is 5.11. The lowest BCUT2D eigenvalue weighted by atomic mass is 10.2. The molecule has 0 aliphatic rings. The standard InChI is InChI=1S/C8H17NO/c1-7(2)5-10-6-9-8(3)4/h6-8H,5H2,1-4H3. The van der Waals surface area contributed by atoms with Crippen LogP contribution in [0.2, 0.25) is 0 Å². The van der Waals surface area contributed by atoms with Crippen LogP contribution < -0.4 is 0 Å². The Morgan fingerprint density at radius 3 is 2.30 bits per heavy atom. The number of ether oxygens (including phenoxy) is 1. The molecule has 0 aliphatic heterocycles. The molecule has 0 atom stereocenters. The molecule has 0 saturated carbocycles. The molecule has 0 unspecified atom stereocenters. The van der Waals surface area contributed by atoms with Gasteiger partial charge in [-0.05, 0) is 19.8 Å². The third kappa shape index (κ3) is 7.47. The summed E-state index contributed by atoms with van der Waals surface area (Å²) in [6, 6.07) is 0.340. The van der Waals surface area contributed by atoms with E-state index >= 15 is 0 Å². The normalized spacial score (nSPS) is 11.8. The second kappa shape index (κ2) is 5.27. The average Bonchev–Trinajstić information content (AvgIpc) is 1.79. The number of aliphatic imine (C=N–C) groups is 1. The molecule has 0 radical (unpaired) electrons. The lowest BCUT2D eigenvalue weighted by molar-refractivity contribution is 0.269. The summed E-state index contributed by atoms with van der Waals surface area (Å²) in [5.41, 5.74) is 0. The third-order valence-electron chi connectivity index (χ3n) is 0.863. The summed E-state index contributed by atoms with van der Waals surface area (Å²) in [5, 5.41) is 0. The minimum Gasteiger partial charge on any atom is -0.483 e. The van der Waals surface area contributed by atoms with Gasteiger partial charge in [0.2, 0.25) is 0 Å². The maximum Gasteiger partial charge on any atom is 0.169 e. The summed E-state index contributed by atoms with van der Waals surface area (Å²) in [6.07, 6.45) is 1.55. The fraction of sp³-hybridized carbons (Fsp3) is 0.875. The maximum atomic E-state index is 5.11. The number of hydrogen-bond acceptors (Lipinski definition) is 2. The van der Waals surface area contributed by atoms with Gasteiger partial charge in [-0.15, -0.1) is 0 Å². The zero-order valence-electron chi connectivity index (χ0n) is 7.29. The van der Waals surface area contributed by atoms with Crippen LogP contribution in [-0.4, -0.2) is 19.0 Å². The van der Waals surface area contributed by atoms with Gasteiger partial charge in [-0.2, -0.15) is 0 Å². The first kappa shape index (κ1) is 9.47. The highest BCUT2D eigenvalue weighted by molar-refractivity contribution is 5.46. The Labute approximate surface area is 63.3 Å². The first-order valence-corrected chi connectivity index (χ1v) is 3.76. The van der Waals surface area contributed by atoms with E-state index in [1.807, 2.05) is 13.8 Å². The van der Waals surface area contributed by atoms with Crippen molar-refractivity contribution in [1.82, 2.24) is 0 Å². The first-order valence-electron chi connectivity index (χ1n) is 3.76. The van der Waals surface area contributed by atoms with Crippen molar-refractivity contribution < 1.29 is 4.74 Å². The quantitative estimate of drug-likeness (QED) is 0.436. The molecule has 2 nitrogen and oxygen atoms in total. The van der Waals surface area contributed by atoms with Gasteiger partial charge in [0.15, 0.2) is 6.40 Å². The van der Waals surface area contributed by atoms with E-state index in [2.05, 4.69) is 18.8 Å². The van der Waals surface area contributed by atoms with E-state index in [4.69, 9.17) is 4.74 Å². The van der Waals surface area contributed by atoms with Crippen LogP contribution in [0.1, 0.15) is 27.7 Å². The topological polar surface area (TPSA) is 21.6 Å². The highest BCUT2D eigenvalue weighted by Crippen LogP contribution is 1.90. The lowest BCUT2D eigenvalue weighted by Crippen LogP contribution is -2.01. The number of hydrogen-bond donors (Lipinski definition) is 0. The Bertz CT molecular complexity index is 97.4. The summed E-state index contributed by atoms with van der Waals surface area (Å²) in [7, 11) is 0. The Morgan fingerprint density at radius 2 is 1.90 bits per heavy atom. The van der Waals surface area contributed by atoms with Crippen molar-refractivity contribution in [3.63, 3.8) is 0 Å². The largest absolute Gasteiger partial charge is 0.483 e. The molecule has 10 heavy (non-hydrogen) atoms. The molecule has 0 spiro atoms. The average molecular weight is 143 g/mol. The van der Waals surface area contributed by atoms with Crippen molar-refractivity contribution in [2.45, 2.75) is 33.7 Å². The summed E-state index contributed by atoms with van der Waals surface area (Å²) in [4.78, 5) is 4.05. The fourth-order valence-corrected chi connectivity index (χ4v) is 0.400. The molecule has 0 aromatic carbocycles. The van der Waals surface area contributed by atoms with Crippen molar-refractivity contribution in [1.29, 1.82) is 0 Å². The summed E-state index contributed by atoms with van der Waals surface area (Å²) in [6.45, 7) is 9.03. The minimum absolute atomic E-state index is 0.340. The first-order chi connectivity index (χ1) is 4.63. The second-order valence-corrected chi connectivity index (χ2v) is 3.08. The fourth-order valence-electron chi connectivity index (χ4n) is 0.400. The van der Waals surface area contributed by atoms with Crippen LogP contribution in [0.15, 0.2) is 4.99 Å². The molecular formula is C8H17NO. The Balaban J connectivity index is 3.19. The predicted octanol–water partition coefficient (Wildman–Crippen LogP) is 2.10. The molecule has 0 amide bonds. The number of nitrogens with zero attached hydrogens (tertiary/aromatic N) is 1. The third-order valence-corrected chi connectivity index (χ3v) is 0.863. The SMILES string of the molecule is CC(C)COC=NC(C)C. The van der Waals surface area contributed by atoms with Gasteiger partial charge in [0.25, 0.3) is 0 Å². The van der Waals surface area contributed by atoms with Gasteiger partial charge >= 0.3 is 0 Å². The highest BCUT2D eigenvalue weighted by atomic mass is 16.5. The summed E-state index contributed by atoms with van der Waals surface area (Å²) in [5.74, 6) is 0.582. The van der Waals surface area contributed by atoms with Gasteiger partial charge in [-0.3, -0.25) is 4.99 Å². The molecule has 0 aromatic rings. The summed E-state index contributed by atoms with van der Waals surface area (Å²) < 4.78 is 5.11. The molecule has 0 bridgehead atoms. The molecule has 0 aliphatic carbocycles. The van der Waals surface area contributed by atoms with Crippen LogP contribution in [0.5, 0.6) is 0 Å². The Hall–Kier alpha value is -0.530. The zero-order chi connectivity index (χ0) is 7.98. The van der Waals surface area contributed by atoms with E-state index in [1.54, 1.807) is 6.40 Å². The molecule has 60 valence electrons. The smallest absolute Gasteiger partial charge is 0.169 e. The zero-order valence-corrected chi connectivity index (χ0v) is 7.29. The summed E-state index contributed by atoms with van der Waals surface area (Å²) >= 11 is 0. The van der Waals surface area contributed by atoms with E-state index in [-0.39, 0.29) is 0 Å². The van der Waals surface area contributed by atoms with Crippen molar-refractivity contribution in [2.75, 3.05) is 6.61 Å². The van der Waals surface area contributed by atoms with E-state index in [1.165, 1.54) is 0 Å². The molecule has 0 N–H and O–H groups in total. The van der Waals surface area contributed by atoms with Gasteiger partial charge in [-0.25, -0.2) is 0 Å². The molecule has 0 fully saturated rings. The van der Waals surface area contributed by atoms with Crippen LogP contribution in [0, 0.1) is 5.92 Å². The van der Waals surface area contributed by atoms with Crippen molar-refractivity contribution in [3.05, 3.63) is 0 Å². The Morgan fingerprint density at radius 1 is 1.30 bits per heavy atom. The molecular weight excluding hydrogens is 126 g/mol. The highest BCUT2D eigenvalue weighted by Gasteiger charge is 1.90. The Kier molecular flexibility index (Phi) is 4.99. The van der Waals surface area contributed by atoms with Crippen LogP contribution in [0.4, 0.5) is 0 Å². The van der Waals surface area contributed by atoms with Crippen LogP contribution in [0.25, 0.3) is 0 Å². The molecule has 0 aromatic heterocycles. The molecule has 0 heterocycles. The van der Waals surface area contributed by atoms with Crippen molar-refractivity contribution >= 4 is 6.40 Å². The molecule has 0 saturated heterocycles. The van der Waals surface area contributed by atoms with E-state index in [0.29, 0.717) is 12.0 Å². The van der Waals surface area contributed by atoms with Gasteiger partial charge in [0, 0.05) is 6.04 Å². The molecule has 0 rings (SSSR count). The molecule has 2 heteroatoms. The monoisotopic (exact) mass is 143 g/mol.